The van der Waals surface area contributed by atoms with Crippen LogP contribution in [0.5, 0.6) is 5.75 Å². The molecule has 1 N–H and O–H groups in total. The number of hydrogen-bond donors (Lipinski definition) is 1. The van der Waals surface area contributed by atoms with E-state index < -0.39 is 0 Å². The molecular formula is C11H12BrNO3. The van der Waals surface area contributed by atoms with Crippen molar-refractivity contribution in [2.45, 2.75) is 20.8 Å². The van der Waals surface area contributed by atoms with Crippen LogP contribution in [0.3, 0.4) is 0 Å². The minimum Gasteiger partial charge on any atom is -0.426 e. The van der Waals surface area contributed by atoms with E-state index in [0.717, 1.165) is 5.56 Å². The lowest BCUT2D eigenvalue weighted by atomic mass is 10.2. The van der Waals surface area contributed by atoms with Gasteiger partial charge in [-0.2, -0.15) is 0 Å². The Morgan fingerprint density at radius 2 is 1.94 bits per heavy atom. The first-order valence-electron chi connectivity index (χ1n) is 4.66. The zero-order valence-corrected chi connectivity index (χ0v) is 10.8. The normalized spacial score (nSPS) is 9.75. The predicted octanol–water partition coefficient (Wildman–Crippen LogP) is 2.64. The molecule has 0 fully saturated rings. The summed E-state index contributed by atoms with van der Waals surface area (Å²) in [5, 5.41) is 2.67. The Morgan fingerprint density at radius 3 is 2.44 bits per heavy atom. The second-order valence-corrected chi connectivity index (χ2v) is 4.23. The van der Waals surface area contributed by atoms with Crippen molar-refractivity contribution in [2.75, 3.05) is 5.32 Å². The summed E-state index contributed by atoms with van der Waals surface area (Å²) < 4.78 is 5.68. The van der Waals surface area contributed by atoms with E-state index in [0.29, 0.717) is 15.9 Å². The van der Waals surface area contributed by atoms with Gasteiger partial charge < -0.3 is 10.1 Å². The maximum absolute atomic E-state index is 10.9. The van der Waals surface area contributed by atoms with Crippen molar-refractivity contribution in [3.63, 3.8) is 0 Å². The number of halogens is 1. The highest BCUT2D eigenvalue weighted by Gasteiger charge is 2.09. The molecule has 0 spiro atoms. The highest BCUT2D eigenvalue weighted by Crippen LogP contribution is 2.30. The van der Waals surface area contributed by atoms with E-state index in [1.807, 2.05) is 0 Å². The van der Waals surface area contributed by atoms with Gasteiger partial charge in [0.2, 0.25) is 5.91 Å². The molecule has 5 heteroatoms. The first-order valence-corrected chi connectivity index (χ1v) is 5.45. The molecule has 0 radical (unpaired) electrons. The summed E-state index contributed by atoms with van der Waals surface area (Å²) in [6.45, 7) is 4.58. The van der Waals surface area contributed by atoms with Crippen molar-refractivity contribution < 1.29 is 14.3 Å². The number of ether oxygens (including phenoxy) is 1. The second-order valence-electron chi connectivity index (χ2n) is 3.37. The predicted molar refractivity (Wildman–Crippen MR) is 64.5 cm³/mol. The third-order valence-corrected chi connectivity index (χ3v) is 2.49. The molecule has 0 aromatic heterocycles. The summed E-state index contributed by atoms with van der Waals surface area (Å²) in [5.74, 6) is -0.0453. The molecule has 0 atom stereocenters. The van der Waals surface area contributed by atoms with Crippen LogP contribution in [0.1, 0.15) is 19.4 Å². The number of carbonyl (C=O) groups excluding carboxylic acids is 2. The zero-order chi connectivity index (χ0) is 12.3. The van der Waals surface area contributed by atoms with Gasteiger partial charge in [0.1, 0.15) is 5.75 Å². The van der Waals surface area contributed by atoms with E-state index in [4.69, 9.17) is 4.74 Å². The number of aryl methyl sites for hydroxylation is 1. The zero-order valence-electron chi connectivity index (χ0n) is 9.26. The van der Waals surface area contributed by atoms with Gasteiger partial charge in [0.15, 0.2) is 0 Å². The Bertz CT molecular complexity index is 401. The van der Waals surface area contributed by atoms with Gasteiger partial charge in [0.25, 0.3) is 0 Å². The third-order valence-electron chi connectivity index (χ3n) is 1.83. The van der Waals surface area contributed by atoms with E-state index in [2.05, 4.69) is 21.2 Å². The first kappa shape index (κ1) is 12.7. The number of benzene rings is 1. The lowest BCUT2D eigenvalue weighted by molar-refractivity contribution is -0.131. The van der Waals surface area contributed by atoms with Crippen LogP contribution in [0, 0.1) is 6.92 Å². The lowest BCUT2D eigenvalue weighted by Crippen LogP contribution is -2.08. The number of carbonyl (C=O) groups is 2. The third kappa shape index (κ3) is 3.34. The molecule has 0 saturated heterocycles. The Labute approximate surface area is 102 Å². The van der Waals surface area contributed by atoms with Gasteiger partial charge in [-0.1, -0.05) is 0 Å². The van der Waals surface area contributed by atoms with Gasteiger partial charge in [-0.3, -0.25) is 9.59 Å². The molecule has 86 valence electrons. The average molecular weight is 286 g/mol. The molecule has 1 aromatic carbocycles. The summed E-state index contributed by atoms with van der Waals surface area (Å²) in [7, 11) is 0. The SMILES string of the molecule is CC(=O)Nc1cc(C)c(OC(C)=O)cc1Br. The van der Waals surface area contributed by atoms with Crippen LogP contribution in [0.25, 0.3) is 0 Å². The van der Waals surface area contributed by atoms with Crippen molar-refractivity contribution >= 4 is 33.5 Å². The Morgan fingerprint density at radius 1 is 1.31 bits per heavy atom. The van der Waals surface area contributed by atoms with Gasteiger partial charge >= 0.3 is 5.97 Å². The smallest absolute Gasteiger partial charge is 0.308 e. The van der Waals surface area contributed by atoms with E-state index >= 15 is 0 Å². The highest BCUT2D eigenvalue weighted by molar-refractivity contribution is 9.10. The van der Waals surface area contributed by atoms with E-state index in [-0.39, 0.29) is 11.9 Å². The molecule has 4 nitrogen and oxygen atoms in total. The standard InChI is InChI=1S/C11H12BrNO3/c1-6-4-10(13-7(2)14)9(12)5-11(6)16-8(3)15/h4-5H,1-3H3,(H,13,14). The molecule has 1 aromatic rings. The van der Waals surface area contributed by atoms with Crippen LogP contribution in [-0.2, 0) is 9.59 Å². The van der Waals surface area contributed by atoms with Crippen molar-refractivity contribution in [1.29, 1.82) is 0 Å². The van der Waals surface area contributed by atoms with Crippen LogP contribution >= 0.6 is 15.9 Å². The summed E-state index contributed by atoms with van der Waals surface area (Å²) in [6.07, 6.45) is 0. The number of nitrogens with one attached hydrogen (secondary N) is 1. The fourth-order valence-corrected chi connectivity index (χ4v) is 1.64. The highest BCUT2D eigenvalue weighted by atomic mass is 79.9. The second kappa shape index (κ2) is 5.12. The van der Waals surface area contributed by atoms with E-state index in [1.165, 1.54) is 13.8 Å². The topological polar surface area (TPSA) is 55.4 Å². The molecule has 0 unspecified atom stereocenters. The van der Waals surface area contributed by atoms with Gasteiger partial charge in [-0.05, 0) is 40.5 Å². The maximum Gasteiger partial charge on any atom is 0.308 e. The molecule has 0 aliphatic rings. The molecular weight excluding hydrogens is 274 g/mol. The fourth-order valence-electron chi connectivity index (χ4n) is 1.21. The number of anilines is 1. The lowest BCUT2D eigenvalue weighted by Gasteiger charge is -2.10. The van der Waals surface area contributed by atoms with Gasteiger partial charge in [0.05, 0.1) is 5.69 Å². The minimum atomic E-state index is -0.373. The number of esters is 1. The summed E-state index contributed by atoms with van der Waals surface area (Å²) >= 11 is 3.29. The van der Waals surface area contributed by atoms with Crippen molar-refractivity contribution in [1.82, 2.24) is 0 Å². The van der Waals surface area contributed by atoms with Gasteiger partial charge in [-0.15, -0.1) is 0 Å². The molecule has 1 amide bonds. The van der Waals surface area contributed by atoms with E-state index in [1.54, 1.807) is 19.1 Å². The number of rotatable bonds is 2. The number of amides is 1. The fraction of sp³-hybridized carbons (Fsp3) is 0.273. The van der Waals surface area contributed by atoms with Crippen LogP contribution < -0.4 is 10.1 Å². The molecule has 0 aliphatic carbocycles. The summed E-state index contributed by atoms with van der Waals surface area (Å²) in [4.78, 5) is 21.8. The first-order chi connectivity index (χ1) is 7.40. The van der Waals surface area contributed by atoms with Crippen LogP contribution in [0.4, 0.5) is 5.69 Å². The van der Waals surface area contributed by atoms with Crippen LogP contribution in [-0.4, -0.2) is 11.9 Å². The average Bonchev–Trinajstić information content (AvgIpc) is 2.11. The Hall–Kier alpha value is -1.36. The molecule has 16 heavy (non-hydrogen) atoms. The van der Waals surface area contributed by atoms with E-state index in [9.17, 15) is 9.59 Å². The Balaban J connectivity index is 3.06. The van der Waals surface area contributed by atoms with Crippen molar-refractivity contribution in [2.24, 2.45) is 0 Å². The summed E-state index contributed by atoms with van der Waals surface area (Å²) in [5.41, 5.74) is 1.43. The quantitative estimate of drug-likeness (QED) is 0.671. The minimum absolute atomic E-state index is 0.152. The van der Waals surface area contributed by atoms with Crippen molar-refractivity contribution in [3.05, 3.63) is 22.2 Å². The molecule has 1 rings (SSSR count). The van der Waals surface area contributed by atoms with Crippen molar-refractivity contribution in [3.8, 4) is 5.75 Å². The largest absolute Gasteiger partial charge is 0.426 e. The Kier molecular flexibility index (Phi) is 4.06. The van der Waals surface area contributed by atoms with Crippen LogP contribution in [0.15, 0.2) is 16.6 Å². The molecule has 0 aliphatic heterocycles. The molecule has 0 bridgehead atoms. The van der Waals surface area contributed by atoms with Crippen LogP contribution in [0.2, 0.25) is 0 Å². The maximum atomic E-state index is 10.9. The molecule has 0 heterocycles. The monoisotopic (exact) mass is 285 g/mol. The van der Waals surface area contributed by atoms with Gasteiger partial charge in [-0.25, -0.2) is 0 Å². The molecule has 0 saturated carbocycles. The summed E-state index contributed by atoms with van der Waals surface area (Å²) in [6, 6.07) is 3.39. The number of hydrogen-bond acceptors (Lipinski definition) is 3. The van der Waals surface area contributed by atoms with Gasteiger partial charge in [0, 0.05) is 18.3 Å².